The Morgan fingerprint density at radius 1 is 1.36 bits per heavy atom. The zero-order chi connectivity index (χ0) is 16.3. The second-order valence-electron chi connectivity index (χ2n) is 4.54. The van der Waals surface area contributed by atoms with Crippen LogP contribution in [0.25, 0.3) is 0 Å². The van der Waals surface area contributed by atoms with Crippen molar-refractivity contribution in [1.82, 2.24) is 10.2 Å². The SMILES string of the molecule is O=C1NCCN(C(=O)CSC(F)(F)F)C1c1ccccc1F. The van der Waals surface area contributed by atoms with E-state index in [0.717, 1.165) is 11.0 Å². The van der Waals surface area contributed by atoms with Crippen LogP contribution in [-0.2, 0) is 9.59 Å². The second-order valence-corrected chi connectivity index (χ2v) is 5.58. The van der Waals surface area contributed by atoms with Gasteiger partial charge in [-0.1, -0.05) is 18.2 Å². The molecule has 1 saturated heterocycles. The summed E-state index contributed by atoms with van der Waals surface area (Å²) < 4.78 is 50.4. The molecule has 2 rings (SSSR count). The molecule has 0 aliphatic carbocycles. The van der Waals surface area contributed by atoms with E-state index in [0.29, 0.717) is 0 Å². The molecule has 1 aromatic carbocycles. The van der Waals surface area contributed by atoms with Crippen molar-refractivity contribution in [1.29, 1.82) is 0 Å². The predicted molar refractivity (Wildman–Crippen MR) is 72.4 cm³/mol. The third-order valence-electron chi connectivity index (χ3n) is 3.09. The highest BCUT2D eigenvalue weighted by Crippen LogP contribution is 2.32. The Hall–Kier alpha value is -1.77. The molecule has 0 aromatic heterocycles. The first-order valence-corrected chi connectivity index (χ1v) is 7.30. The zero-order valence-corrected chi connectivity index (χ0v) is 12.0. The number of alkyl halides is 3. The highest BCUT2D eigenvalue weighted by molar-refractivity contribution is 8.00. The summed E-state index contributed by atoms with van der Waals surface area (Å²) in [5, 5.41) is 2.49. The fraction of sp³-hybridized carbons (Fsp3) is 0.385. The number of nitrogens with zero attached hydrogens (tertiary/aromatic N) is 1. The Kier molecular flexibility index (Phi) is 4.94. The molecule has 0 bridgehead atoms. The van der Waals surface area contributed by atoms with Crippen molar-refractivity contribution < 1.29 is 27.2 Å². The molecule has 0 saturated carbocycles. The van der Waals surface area contributed by atoms with Gasteiger partial charge in [-0.2, -0.15) is 13.2 Å². The Morgan fingerprint density at radius 3 is 2.68 bits per heavy atom. The van der Waals surface area contributed by atoms with Crippen LogP contribution in [0.5, 0.6) is 0 Å². The quantitative estimate of drug-likeness (QED) is 0.860. The number of thioether (sulfide) groups is 1. The molecule has 1 fully saturated rings. The van der Waals surface area contributed by atoms with Gasteiger partial charge in [0.15, 0.2) is 0 Å². The Bertz CT molecular complexity index is 579. The van der Waals surface area contributed by atoms with E-state index in [2.05, 4.69) is 5.32 Å². The first kappa shape index (κ1) is 16.6. The summed E-state index contributed by atoms with van der Waals surface area (Å²) in [5.74, 6) is -3.00. The predicted octanol–water partition coefficient (Wildman–Crippen LogP) is 2.08. The van der Waals surface area contributed by atoms with Crippen molar-refractivity contribution in [3.05, 3.63) is 35.6 Å². The van der Waals surface area contributed by atoms with Gasteiger partial charge in [0.1, 0.15) is 11.9 Å². The number of piperazine rings is 1. The Labute approximate surface area is 127 Å². The summed E-state index contributed by atoms with van der Waals surface area (Å²) in [6, 6.07) is 4.13. The smallest absolute Gasteiger partial charge is 0.352 e. The van der Waals surface area contributed by atoms with Crippen LogP contribution >= 0.6 is 11.8 Å². The highest BCUT2D eigenvalue weighted by Gasteiger charge is 2.37. The maximum atomic E-state index is 13.9. The lowest BCUT2D eigenvalue weighted by atomic mass is 10.0. The number of carbonyl (C=O) groups excluding carboxylic acids is 2. The van der Waals surface area contributed by atoms with E-state index >= 15 is 0 Å². The van der Waals surface area contributed by atoms with E-state index in [-0.39, 0.29) is 18.7 Å². The van der Waals surface area contributed by atoms with Crippen molar-refractivity contribution in [3.63, 3.8) is 0 Å². The molecular weight excluding hydrogens is 324 g/mol. The molecule has 1 unspecified atom stereocenters. The van der Waals surface area contributed by atoms with Gasteiger partial charge in [-0.15, -0.1) is 0 Å². The summed E-state index contributed by atoms with van der Waals surface area (Å²) in [5.41, 5.74) is -4.58. The molecule has 1 N–H and O–H groups in total. The summed E-state index contributed by atoms with van der Waals surface area (Å²) in [4.78, 5) is 24.9. The molecule has 1 aliphatic rings. The van der Waals surface area contributed by atoms with Gasteiger partial charge in [-0.05, 0) is 17.8 Å². The van der Waals surface area contributed by atoms with E-state index in [4.69, 9.17) is 0 Å². The third-order valence-corrected chi connectivity index (χ3v) is 3.81. The van der Waals surface area contributed by atoms with Crippen molar-refractivity contribution >= 4 is 23.6 Å². The van der Waals surface area contributed by atoms with E-state index in [9.17, 15) is 27.2 Å². The molecule has 1 aromatic rings. The van der Waals surface area contributed by atoms with E-state index in [1.807, 2.05) is 0 Å². The van der Waals surface area contributed by atoms with Crippen LogP contribution in [0.4, 0.5) is 17.6 Å². The molecule has 1 atom stereocenters. The first-order valence-electron chi connectivity index (χ1n) is 6.32. The number of hydrogen-bond donors (Lipinski definition) is 1. The fourth-order valence-corrected chi connectivity index (χ4v) is 2.62. The average Bonchev–Trinajstić information content (AvgIpc) is 2.45. The van der Waals surface area contributed by atoms with Gasteiger partial charge in [0.05, 0.1) is 5.75 Å². The van der Waals surface area contributed by atoms with Gasteiger partial charge >= 0.3 is 5.51 Å². The van der Waals surface area contributed by atoms with Crippen LogP contribution in [0.15, 0.2) is 24.3 Å². The van der Waals surface area contributed by atoms with Crippen LogP contribution in [-0.4, -0.2) is 41.1 Å². The minimum atomic E-state index is -4.54. The molecule has 9 heteroatoms. The van der Waals surface area contributed by atoms with Gasteiger partial charge in [-0.3, -0.25) is 9.59 Å². The number of benzene rings is 1. The van der Waals surface area contributed by atoms with Crippen molar-refractivity contribution in [2.75, 3.05) is 18.8 Å². The van der Waals surface area contributed by atoms with Crippen molar-refractivity contribution in [2.45, 2.75) is 11.6 Å². The maximum Gasteiger partial charge on any atom is 0.442 e. The summed E-state index contributed by atoms with van der Waals surface area (Å²) in [7, 11) is 0. The lowest BCUT2D eigenvalue weighted by Gasteiger charge is -2.35. The van der Waals surface area contributed by atoms with Gasteiger partial charge in [0.25, 0.3) is 0 Å². The maximum absolute atomic E-state index is 13.9. The van der Waals surface area contributed by atoms with E-state index in [1.165, 1.54) is 18.2 Å². The Morgan fingerprint density at radius 2 is 2.05 bits per heavy atom. The largest absolute Gasteiger partial charge is 0.442 e. The van der Waals surface area contributed by atoms with E-state index < -0.39 is 46.7 Å². The molecular formula is C13H12F4N2O2S. The van der Waals surface area contributed by atoms with Crippen LogP contribution in [0.2, 0.25) is 0 Å². The number of amides is 2. The molecule has 0 spiro atoms. The van der Waals surface area contributed by atoms with Gasteiger partial charge in [0, 0.05) is 18.7 Å². The van der Waals surface area contributed by atoms with Crippen LogP contribution < -0.4 is 5.32 Å². The monoisotopic (exact) mass is 336 g/mol. The number of halogens is 4. The number of rotatable bonds is 3. The lowest BCUT2D eigenvalue weighted by molar-refractivity contribution is -0.141. The van der Waals surface area contributed by atoms with E-state index in [1.54, 1.807) is 0 Å². The normalized spacial score (nSPS) is 19.0. The molecule has 1 heterocycles. The number of hydrogen-bond acceptors (Lipinski definition) is 3. The molecule has 120 valence electrons. The summed E-state index contributed by atoms with van der Waals surface area (Å²) >= 11 is -0.479. The standard InChI is InChI=1S/C13H12F4N2O2S/c14-9-4-2-1-3-8(9)11-12(21)18-5-6-19(11)10(20)7-22-13(15,16)17/h1-4,11H,5-7H2,(H,18,21). The summed E-state index contributed by atoms with van der Waals surface area (Å²) in [6.07, 6.45) is 0. The minimum absolute atomic E-state index is 0.0298. The molecule has 1 aliphatic heterocycles. The average molecular weight is 336 g/mol. The van der Waals surface area contributed by atoms with Crippen molar-refractivity contribution in [3.8, 4) is 0 Å². The molecule has 0 radical (unpaired) electrons. The van der Waals surface area contributed by atoms with Crippen LogP contribution in [0.1, 0.15) is 11.6 Å². The third kappa shape index (κ3) is 3.90. The fourth-order valence-electron chi connectivity index (χ4n) is 2.17. The highest BCUT2D eigenvalue weighted by atomic mass is 32.2. The van der Waals surface area contributed by atoms with Gasteiger partial charge < -0.3 is 10.2 Å². The van der Waals surface area contributed by atoms with Gasteiger partial charge in [0.2, 0.25) is 11.8 Å². The summed E-state index contributed by atoms with van der Waals surface area (Å²) in [6.45, 7) is 0.147. The molecule has 2 amide bonds. The minimum Gasteiger partial charge on any atom is -0.352 e. The van der Waals surface area contributed by atoms with Crippen LogP contribution in [0, 0.1) is 5.82 Å². The zero-order valence-electron chi connectivity index (χ0n) is 11.2. The number of carbonyl (C=O) groups is 2. The topological polar surface area (TPSA) is 49.4 Å². The number of nitrogens with one attached hydrogen (secondary N) is 1. The van der Waals surface area contributed by atoms with Crippen molar-refractivity contribution in [2.24, 2.45) is 0 Å². The Balaban J connectivity index is 2.22. The van der Waals surface area contributed by atoms with Gasteiger partial charge in [-0.25, -0.2) is 4.39 Å². The van der Waals surface area contributed by atoms with Crippen LogP contribution in [0.3, 0.4) is 0 Å². The first-order chi connectivity index (χ1) is 10.3. The lowest BCUT2D eigenvalue weighted by Crippen LogP contribution is -2.53. The second kappa shape index (κ2) is 6.55. The molecule has 4 nitrogen and oxygen atoms in total. The molecule has 22 heavy (non-hydrogen) atoms.